The van der Waals surface area contributed by atoms with Crippen LogP contribution in [0.3, 0.4) is 0 Å². The maximum Gasteiger partial charge on any atom is 0.164 e. The molecule has 19 heavy (non-hydrogen) atoms. The summed E-state index contributed by atoms with van der Waals surface area (Å²) in [4.78, 5) is 12.1. The topological polar surface area (TPSA) is 17.1 Å². The molecule has 2 rings (SSSR count). The third kappa shape index (κ3) is 3.56. The van der Waals surface area contributed by atoms with E-state index in [1.165, 1.54) is 0 Å². The van der Waals surface area contributed by atoms with Gasteiger partial charge in [0.25, 0.3) is 0 Å². The van der Waals surface area contributed by atoms with Gasteiger partial charge in [-0.2, -0.15) is 0 Å². The number of benzene rings is 2. The number of halogens is 1. The van der Waals surface area contributed by atoms with Gasteiger partial charge in [-0.1, -0.05) is 64.3 Å². The number of carbonyl (C=O) groups is 1. The lowest BCUT2D eigenvalue weighted by Gasteiger charge is -2.10. The molecule has 0 aliphatic rings. The fourth-order valence-corrected chi connectivity index (χ4v) is 2.16. The van der Waals surface area contributed by atoms with Gasteiger partial charge in [-0.3, -0.25) is 4.79 Å². The molecule has 0 amide bonds. The van der Waals surface area contributed by atoms with Gasteiger partial charge >= 0.3 is 0 Å². The van der Waals surface area contributed by atoms with E-state index in [9.17, 15) is 4.79 Å². The molecule has 0 heterocycles. The highest BCUT2D eigenvalue weighted by Gasteiger charge is 2.14. The van der Waals surface area contributed by atoms with Gasteiger partial charge in [-0.05, 0) is 17.7 Å². The van der Waals surface area contributed by atoms with Crippen molar-refractivity contribution in [2.24, 2.45) is 0 Å². The lowest BCUT2D eigenvalue weighted by Crippen LogP contribution is -2.06. The second kappa shape index (κ2) is 6.36. The van der Waals surface area contributed by atoms with Crippen LogP contribution in [-0.2, 0) is 0 Å². The van der Waals surface area contributed by atoms with E-state index in [0.717, 1.165) is 10.0 Å². The predicted molar refractivity (Wildman–Crippen MR) is 81.1 cm³/mol. The molecule has 0 aliphatic carbocycles. The summed E-state index contributed by atoms with van der Waals surface area (Å²) in [6.45, 7) is 0. The number of Topliss-reactive ketones (excluding diaryl/α,β-unsaturated/α-hetero) is 1. The monoisotopic (exact) mass is 312 g/mol. The van der Waals surface area contributed by atoms with Gasteiger partial charge in [-0.25, -0.2) is 0 Å². The maximum atomic E-state index is 12.1. The summed E-state index contributed by atoms with van der Waals surface area (Å²) in [6.07, 6.45) is 5.89. The molecule has 0 unspecified atom stereocenters. The second-order valence-electron chi connectivity index (χ2n) is 4.26. The van der Waals surface area contributed by atoms with Crippen molar-refractivity contribution >= 4 is 21.7 Å². The molecule has 0 saturated carbocycles. The van der Waals surface area contributed by atoms with Gasteiger partial charge in [-0.15, -0.1) is 6.42 Å². The lowest BCUT2D eigenvalue weighted by atomic mass is 9.92. The minimum atomic E-state index is -0.180. The fourth-order valence-electron chi connectivity index (χ4n) is 1.90. The third-order valence-electron chi connectivity index (χ3n) is 2.96. The first-order valence-corrected chi connectivity index (χ1v) is 6.80. The highest BCUT2D eigenvalue weighted by atomic mass is 79.9. The first-order chi connectivity index (χ1) is 9.20. The molecule has 2 heteroatoms. The second-order valence-corrected chi connectivity index (χ2v) is 5.18. The van der Waals surface area contributed by atoms with Crippen LogP contribution in [0.2, 0.25) is 0 Å². The molecule has 0 aliphatic heterocycles. The van der Waals surface area contributed by atoms with Gasteiger partial charge in [0.15, 0.2) is 5.78 Å². The van der Waals surface area contributed by atoms with E-state index in [-0.39, 0.29) is 11.7 Å². The number of rotatable bonds is 4. The minimum Gasteiger partial charge on any atom is -0.294 e. The summed E-state index contributed by atoms with van der Waals surface area (Å²) in [5.41, 5.74) is 1.70. The zero-order chi connectivity index (χ0) is 13.7. The molecule has 0 spiro atoms. The number of terminal acetylenes is 1. The summed E-state index contributed by atoms with van der Waals surface area (Å²) in [7, 11) is 0. The van der Waals surface area contributed by atoms with E-state index < -0.39 is 0 Å². The van der Waals surface area contributed by atoms with Gasteiger partial charge in [0.1, 0.15) is 0 Å². The van der Waals surface area contributed by atoms with Gasteiger partial charge in [0, 0.05) is 16.5 Å². The quantitative estimate of drug-likeness (QED) is 0.602. The highest BCUT2D eigenvalue weighted by molar-refractivity contribution is 9.10. The molecule has 0 N–H and O–H groups in total. The first kappa shape index (κ1) is 13.6. The molecule has 0 bridgehead atoms. The number of hydrogen-bond acceptors (Lipinski definition) is 1. The summed E-state index contributed by atoms with van der Waals surface area (Å²) < 4.78 is 1.00. The van der Waals surface area contributed by atoms with Crippen molar-refractivity contribution in [1.82, 2.24) is 0 Å². The number of ketones is 1. The van der Waals surface area contributed by atoms with Crippen LogP contribution in [0.4, 0.5) is 0 Å². The average Bonchev–Trinajstić information content (AvgIpc) is 2.46. The first-order valence-electron chi connectivity index (χ1n) is 6.00. The summed E-state index contributed by atoms with van der Waals surface area (Å²) in [5.74, 6) is 2.60. The highest BCUT2D eigenvalue weighted by Crippen LogP contribution is 2.23. The smallest absolute Gasteiger partial charge is 0.164 e. The lowest BCUT2D eigenvalue weighted by molar-refractivity contribution is 0.0979. The van der Waals surface area contributed by atoms with E-state index >= 15 is 0 Å². The summed E-state index contributed by atoms with van der Waals surface area (Å²) in [6, 6.07) is 17.0. The average molecular weight is 313 g/mol. The molecule has 1 atom stereocenters. The number of carbonyl (C=O) groups excluding carboxylic acids is 1. The van der Waals surface area contributed by atoms with Crippen LogP contribution in [0.15, 0.2) is 59.1 Å². The van der Waals surface area contributed by atoms with Crippen LogP contribution in [-0.4, -0.2) is 5.78 Å². The van der Waals surface area contributed by atoms with Crippen molar-refractivity contribution in [3.63, 3.8) is 0 Å². The van der Waals surface area contributed by atoms with Crippen LogP contribution in [0.5, 0.6) is 0 Å². The predicted octanol–water partition coefficient (Wildman–Crippen LogP) is 4.44. The van der Waals surface area contributed by atoms with Crippen LogP contribution < -0.4 is 0 Å². The Morgan fingerprint density at radius 2 is 1.74 bits per heavy atom. The number of hydrogen-bond donors (Lipinski definition) is 0. The Morgan fingerprint density at radius 1 is 1.11 bits per heavy atom. The van der Waals surface area contributed by atoms with Crippen LogP contribution in [0, 0.1) is 12.3 Å². The molecular weight excluding hydrogens is 300 g/mol. The van der Waals surface area contributed by atoms with Crippen molar-refractivity contribution in [2.75, 3.05) is 0 Å². The zero-order valence-electron chi connectivity index (χ0n) is 10.3. The van der Waals surface area contributed by atoms with Gasteiger partial charge in [0.05, 0.1) is 5.92 Å². The summed E-state index contributed by atoms with van der Waals surface area (Å²) in [5, 5.41) is 0. The maximum absolute atomic E-state index is 12.1. The van der Waals surface area contributed by atoms with Crippen molar-refractivity contribution in [3.8, 4) is 12.3 Å². The molecule has 94 valence electrons. The molecule has 2 aromatic carbocycles. The molecule has 2 aromatic rings. The van der Waals surface area contributed by atoms with E-state index in [1.54, 1.807) is 0 Å². The van der Waals surface area contributed by atoms with E-state index in [2.05, 4.69) is 21.9 Å². The van der Waals surface area contributed by atoms with Gasteiger partial charge < -0.3 is 0 Å². The van der Waals surface area contributed by atoms with Crippen molar-refractivity contribution in [3.05, 3.63) is 70.2 Å². The SMILES string of the molecule is C#C[C@@H](CC(=O)c1ccccc1)c1ccc(Br)cc1. The van der Waals surface area contributed by atoms with Crippen LogP contribution in [0.25, 0.3) is 0 Å². The van der Waals surface area contributed by atoms with Crippen molar-refractivity contribution in [2.45, 2.75) is 12.3 Å². The Labute approximate surface area is 121 Å². The normalized spacial score (nSPS) is 11.6. The van der Waals surface area contributed by atoms with Gasteiger partial charge in [0.2, 0.25) is 0 Å². The molecule has 0 fully saturated rings. The molecule has 0 aromatic heterocycles. The Kier molecular flexibility index (Phi) is 4.54. The van der Waals surface area contributed by atoms with Crippen molar-refractivity contribution in [1.29, 1.82) is 0 Å². The zero-order valence-corrected chi connectivity index (χ0v) is 11.9. The molecule has 0 saturated heterocycles. The van der Waals surface area contributed by atoms with Crippen LogP contribution in [0.1, 0.15) is 28.3 Å². The van der Waals surface area contributed by atoms with E-state index in [1.807, 2.05) is 54.6 Å². The van der Waals surface area contributed by atoms with Crippen molar-refractivity contribution < 1.29 is 4.79 Å². The molecule has 0 radical (unpaired) electrons. The van der Waals surface area contributed by atoms with Crippen LogP contribution >= 0.6 is 15.9 Å². The molecular formula is C17H13BrO. The standard InChI is InChI=1S/C17H13BrO/c1-2-13(14-8-10-16(18)11-9-14)12-17(19)15-6-4-3-5-7-15/h1,3-11,13H,12H2/t13-/m0/s1. The van der Waals surface area contributed by atoms with E-state index in [4.69, 9.17) is 6.42 Å². The molecule has 1 nitrogen and oxygen atoms in total. The Bertz CT molecular complexity index is 593. The largest absolute Gasteiger partial charge is 0.294 e. The Hall–Kier alpha value is -1.85. The minimum absolute atomic E-state index is 0.0754. The Balaban J connectivity index is 2.14. The summed E-state index contributed by atoms with van der Waals surface area (Å²) >= 11 is 3.39. The fraction of sp³-hybridized carbons (Fsp3) is 0.118. The third-order valence-corrected chi connectivity index (χ3v) is 3.49. The Morgan fingerprint density at radius 3 is 2.32 bits per heavy atom. The van der Waals surface area contributed by atoms with E-state index in [0.29, 0.717) is 12.0 Å².